The van der Waals surface area contributed by atoms with E-state index < -0.39 is 0 Å². The van der Waals surface area contributed by atoms with Crippen molar-refractivity contribution in [3.8, 4) is 0 Å². The Morgan fingerprint density at radius 2 is 2.42 bits per heavy atom. The highest BCUT2D eigenvalue weighted by molar-refractivity contribution is 7.11. The largest absolute Gasteiger partial charge is 0.309 e. The third kappa shape index (κ3) is 2.39. The molecule has 1 rings (SSSR count). The zero-order valence-electron chi connectivity index (χ0n) is 7.28. The third-order valence-corrected chi connectivity index (χ3v) is 2.37. The second-order valence-electron chi connectivity index (χ2n) is 2.83. The van der Waals surface area contributed by atoms with Crippen LogP contribution in [-0.4, -0.2) is 36.8 Å². The maximum absolute atomic E-state index is 10.5. The topological polar surface area (TPSA) is 33.2 Å². The monoisotopic (exact) mass is 184 g/mol. The van der Waals surface area contributed by atoms with Gasteiger partial charge in [0.05, 0.1) is 16.1 Å². The maximum Gasteiger partial charge on any atom is 0.161 e. The first kappa shape index (κ1) is 9.35. The summed E-state index contributed by atoms with van der Waals surface area (Å²) in [5, 5.41) is 0. The number of carbonyl (C=O) groups excluding carboxylic acids is 1. The van der Waals surface area contributed by atoms with Crippen LogP contribution in [0, 0.1) is 0 Å². The van der Waals surface area contributed by atoms with E-state index in [0.29, 0.717) is 0 Å². The summed E-state index contributed by atoms with van der Waals surface area (Å²) < 4.78 is 0. The van der Waals surface area contributed by atoms with Crippen LogP contribution in [0.5, 0.6) is 0 Å². The molecule has 1 aromatic rings. The van der Waals surface area contributed by atoms with Gasteiger partial charge in [0.2, 0.25) is 0 Å². The van der Waals surface area contributed by atoms with Gasteiger partial charge in [-0.05, 0) is 14.1 Å². The Hall–Kier alpha value is -0.740. The Kier molecular flexibility index (Phi) is 3.37. The molecule has 0 unspecified atom stereocenters. The molecule has 3 nitrogen and oxygen atoms in total. The number of aromatic nitrogens is 1. The summed E-state index contributed by atoms with van der Waals surface area (Å²) in [6.45, 7) is 0.935. The van der Waals surface area contributed by atoms with Crippen molar-refractivity contribution in [2.24, 2.45) is 0 Å². The van der Waals surface area contributed by atoms with E-state index in [1.807, 2.05) is 14.1 Å². The fourth-order valence-electron chi connectivity index (χ4n) is 0.891. The van der Waals surface area contributed by atoms with Gasteiger partial charge in [-0.25, -0.2) is 4.98 Å². The molecule has 0 aliphatic carbocycles. The van der Waals surface area contributed by atoms with Crippen molar-refractivity contribution >= 4 is 17.6 Å². The zero-order valence-corrected chi connectivity index (χ0v) is 8.10. The predicted octanol–water partition coefficient (Wildman–Crippen LogP) is 1.06. The predicted molar refractivity (Wildman–Crippen MR) is 49.8 cm³/mol. The number of carbonyl (C=O) groups is 1. The Morgan fingerprint density at radius 3 is 3.00 bits per heavy atom. The number of nitrogens with zero attached hydrogens (tertiary/aromatic N) is 2. The minimum absolute atomic E-state index is 0.761. The molecule has 0 bridgehead atoms. The Morgan fingerprint density at radius 1 is 1.67 bits per heavy atom. The molecule has 0 saturated carbocycles. The molecule has 0 fully saturated rings. The van der Waals surface area contributed by atoms with E-state index in [1.54, 1.807) is 5.51 Å². The number of aldehydes is 1. The molecule has 0 amide bonds. The molecule has 0 saturated heterocycles. The van der Waals surface area contributed by atoms with E-state index in [4.69, 9.17) is 0 Å². The SMILES string of the molecule is CN(C)CCc1ncsc1C=O. The average molecular weight is 184 g/mol. The summed E-state index contributed by atoms with van der Waals surface area (Å²) >= 11 is 1.40. The van der Waals surface area contributed by atoms with Crippen LogP contribution in [0.1, 0.15) is 15.4 Å². The van der Waals surface area contributed by atoms with Crippen LogP contribution in [0.25, 0.3) is 0 Å². The summed E-state index contributed by atoms with van der Waals surface area (Å²) in [6.07, 6.45) is 1.73. The lowest BCUT2D eigenvalue weighted by Crippen LogP contribution is -2.15. The summed E-state index contributed by atoms with van der Waals surface area (Å²) in [4.78, 5) is 17.4. The van der Waals surface area contributed by atoms with Gasteiger partial charge < -0.3 is 4.90 Å². The minimum Gasteiger partial charge on any atom is -0.309 e. The normalized spacial score (nSPS) is 10.6. The molecule has 4 heteroatoms. The first-order valence-electron chi connectivity index (χ1n) is 3.76. The lowest BCUT2D eigenvalue weighted by atomic mass is 10.3. The summed E-state index contributed by atoms with van der Waals surface area (Å²) in [5.41, 5.74) is 2.64. The fraction of sp³-hybridized carbons (Fsp3) is 0.500. The Balaban J connectivity index is 2.56. The lowest BCUT2D eigenvalue weighted by Gasteiger charge is -2.07. The standard InChI is InChI=1S/C8H12N2OS/c1-10(2)4-3-7-8(5-11)12-6-9-7/h5-6H,3-4H2,1-2H3. The molecule has 0 atom stereocenters. The Bertz CT molecular complexity index is 257. The van der Waals surface area contributed by atoms with Crippen molar-refractivity contribution in [2.75, 3.05) is 20.6 Å². The van der Waals surface area contributed by atoms with Crippen molar-refractivity contribution in [1.82, 2.24) is 9.88 Å². The highest BCUT2D eigenvalue weighted by atomic mass is 32.1. The molecule has 0 spiro atoms. The smallest absolute Gasteiger partial charge is 0.161 e. The van der Waals surface area contributed by atoms with Gasteiger partial charge in [0.15, 0.2) is 6.29 Å². The first-order chi connectivity index (χ1) is 5.74. The van der Waals surface area contributed by atoms with Crippen molar-refractivity contribution in [3.05, 3.63) is 16.1 Å². The van der Waals surface area contributed by atoms with Crippen molar-refractivity contribution < 1.29 is 4.79 Å². The summed E-state index contributed by atoms with van der Waals surface area (Å²) in [5.74, 6) is 0. The number of rotatable bonds is 4. The second-order valence-corrected chi connectivity index (χ2v) is 3.72. The summed E-state index contributed by atoms with van der Waals surface area (Å²) in [6, 6.07) is 0. The lowest BCUT2D eigenvalue weighted by molar-refractivity contribution is 0.112. The van der Waals surface area contributed by atoms with E-state index in [2.05, 4.69) is 9.88 Å². The molecular weight excluding hydrogens is 172 g/mol. The molecule has 0 N–H and O–H groups in total. The molecule has 0 radical (unpaired) electrons. The van der Waals surface area contributed by atoms with E-state index >= 15 is 0 Å². The summed E-state index contributed by atoms with van der Waals surface area (Å²) in [7, 11) is 4.01. The highest BCUT2D eigenvalue weighted by Crippen LogP contribution is 2.10. The molecule has 0 aromatic carbocycles. The van der Waals surface area contributed by atoms with E-state index in [-0.39, 0.29) is 0 Å². The van der Waals surface area contributed by atoms with Gasteiger partial charge in [-0.15, -0.1) is 11.3 Å². The number of thiazole rings is 1. The van der Waals surface area contributed by atoms with Gasteiger partial charge in [-0.1, -0.05) is 0 Å². The average Bonchev–Trinajstić information content (AvgIpc) is 2.47. The van der Waals surface area contributed by atoms with Crippen LogP contribution in [0.15, 0.2) is 5.51 Å². The van der Waals surface area contributed by atoms with Crippen molar-refractivity contribution in [1.29, 1.82) is 0 Å². The molecule has 12 heavy (non-hydrogen) atoms. The van der Waals surface area contributed by atoms with Crippen LogP contribution in [-0.2, 0) is 6.42 Å². The highest BCUT2D eigenvalue weighted by Gasteiger charge is 2.04. The third-order valence-electron chi connectivity index (χ3n) is 1.58. The van der Waals surface area contributed by atoms with Crippen LogP contribution in [0.4, 0.5) is 0 Å². The molecular formula is C8H12N2OS. The molecule has 1 heterocycles. The van der Waals surface area contributed by atoms with Crippen LogP contribution in [0.3, 0.4) is 0 Å². The fourth-order valence-corrected chi connectivity index (χ4v) is 1.53. The van der Waals surface area contributed by atoms with E-state index in [9.17, 15) is 4.79 Å². The van der Waals surface area contributed by atoms with Crippen LogP contribution >= 0.6 is 11.3 Å². The van der Waals surface area contributed by atoms with Crippen molar-refractivity contribution in [3.63, 3.8) is 0 Å². The quantitative estimate of drug-likeness (QED) is 0.656. The maximum atomic E-state index is 10.5. The molecule has 66 valence electrons. The van der Waals surface area contributed by atoms with E-state index in [1.165, 1.54) is 11.3 Å². The second kappa shape index (κ2) is 4.33. The number of likely N-dealkylation sites (N-methyl/N-ethyl adjacent to an activating group) is 1. The first-order valence-corrected chi connectivity index (χ1v) is 4.64. The molecule has 0 aliphatic rings. The van der Waals surface area contributed by atoms with Crippen LogP contribution < -0.4 is 0 Å². The van der Waals surface area contributed by atoms with Gasteiger partial charge >= 0.3 is 0 Å². The molecule has 1 aromatic heterocycles. The van der Waals surface area contributed by atoms with Gasteiger partial charge in [0.1, 0.15) is 0 Å². The van der Waals surface area contributed by atoms with E-state index in [0.717, 1.165) is 29.8 Å². The number of hydrogen-bond donors (Lipinski definition) is 0. The Labute approximate surface area is 76.0 Å². The van der Waals surface area contributed by atoms with Crippen molar-refractivity contribution in [2.45, 2.75) is 6.42 Å². The van der Waals surface area contributed by atoms with Gasteiger partial charge in [-0.2, -0.15) is 0 Å². The number of hydrogen-bond acceptors (Lipinski definition) is 4. The van der Waals surface area contributed by atoms with Gasteiger partial charge in [-0.3, -0.25) is 4.79 Å². The molecule has 0 aliphatic heterocycles. The van der Waals surface area contributed by atoms with Gasteiger partial charge in [0, 0.05) is 13.0 Å². The van der Waals surface area contributed by atoms with Crippen LogP contribution in [0.2, 0.25) is 0 Å². The van der Waals surface area contributed by atoms with Gasteiger partial charge in [0.25, 0.3) is 0 Å². The zero-order chi connectivity index (χ0) is 8.97. The minimum atomic E-state index is 0.761.